The lowest BCUT2D eigenvalue weighted by molar-refractivity contribution is -0.121. The van der Waals surface area contributed by atoms with Crippen LogP contribution in [0.25, 0.3) is 0 Å². The van der Waals surface area contributed by atoms with Crippen molar-refractivity contribution in [2.75, 3.05) is 0 Å². The van der Waals surface area contributed by atoms with Gasteiger partial charge in [0, 0.05) is 12.4 Å². The number of rotatable bonds is 6. The monoisotopic (exact) mass is 308 g/mol. The van der Waals surface area contributed by atoms with Crippen molar-refractivity contribution in [2.24, 2.45) is 0 Å². The zero-order valence-corrected chi connectivity index (χ0v) is 13.1. The molecular formula is C19H20N2O2. The number of nitrogens with zero attached hydrogens (tertiary/aromatic N) is 1. The Morgan fingerprint density at radius 2 is 1.91 bits per heavy atom. The molecule has 0 radical (unpaired) electrons. The standard InChI is InChI=1S/C19H20N2O2/c1-15-7-2-3-9-17(15)18(21-10-4-5-11-21)13-19(22)20-14-16-8-6-12-23-16/h2-12,18H,13-14H2,1H3,(H,20,22)/t18-/m1/s1. The minimum Gasteiger partial charge on any atom is -0.467 e. The SMILES string of the molecule is Cc1ccccc1[C@@H](CC(=O)NCc1ccco1)n1cccc1. The van der Waals surface area contributed by atoms with Crippen LogP contribution in [-0.4, -0.2) is 10.5 Å². The Labute approximate surface area is 135 Å². The first-order valence-electron chi connectivity index (χ1n) is 7.71. The molecule has 2 heterocycles. The molecule has 1 aromatic carbocycles. The summed E-state index contributed by atoms with van der Waals surface area (Å²) >= 11 is 0. The molecular weight excluding hydrogens is 288 g/mol. The smallest absolute Gasteiger partial charge is 0.222 e. The number of aromatic nitrogens is 1. The number of hydrogen-bond acceptors (Lipinski definition) is 2. The molecule has 23 heavy (non-hydrogen) atoms. The highest BCUT2D eigenvalue weighted by Crippen LogP contribution is 2.25. The summed E-state index contributed by atoms with van der Waals surface area (Å²) in [6.07, 6.45) is 5.99. The molecule has 1 amide bonds. The highest BCUT2D eigenvalue weighted by atomic mass is 16.3. The first kappa shape index (κ1) is 15.2. The molecule has 0 spiro atoms. The second-order valence-corrected chi connectivity index (χ2v) is 5.56. The first-order valence-corrected chi connectivity index (χ1v) is 7.71. The van der Waals surface area contributed by atoms with Gasteiger partial charge in [-0.05, 0) is 42.3 Å². The van der Waals surface area contributed by atoms with Gasteiger partial charge in [-0.3, -0.25) is 4.79 Å². The second kappa shape index (κ2) is 7.01. The van der Waals surface area contributed by atoms with E-state index in [0.29, 0.717) is 13.0 Å². The largest absolute Gasteiger partial charge is 0.467 e. The van der Waals surface area contributed by atoms with Crippen molar-refractivity contribution in [3.05, 3.63) is 84.1 Å². The van der Waals surface area contributed by atoms with E-state index in [-0.39, 0.29) is 11.9 Å². The van der Waals surface area contributed by atoms with Crippen LogP contribution in [0.5, 0.6) is 0 Å². The van der Waals surface area contributed by atoms with Gasteiger partial charge in [0.2, 0.25) is 5.91 Å². The Kier molecular flexibility index (Phi) is 4.62. The molecule has 0 aliphatic heterocycles. The maximum Gasteiger partial charge on any atom is 0.222 e. The number of carbonyl (C=O) groups is 1. The Morgan fingerprint density at radius 3 is 2.61 bits per heavy atom. The van der Waals surface area contributed by atoms with Crippen LogP contribution in [-0.2, 0) is 11.3 Å². The lowest BCUT2D eigenvalue weighted by atomic mass is 9.98. The second-order valence-electron chi connectivity index (χ2n) is 5.56. The predicted octanol–water partition coefficient (Wildman–Crippen LogP) is 3.69. The number of amides is 1. The van der Waals surface area contributed by atoms with Gasteiger partial charge in [0.1, 0.15) is 5.76 Å². The van der Waals surface area contributed by atoms with Crippen molar-refractivity contribution in [2.45, 2.75) is 25.9 Å². The van der Waals surface area contributed by atoms with Gasteiger partial charge >= 0.3 is 0 Å². The van der Waals surface area contributed by atoms with Crippen molar-refractivity contribution in [3.8, 4) is 0 Å². The van der Waals surface area contributed by atoms with Gasteiger partial charge in [-0.2, -0.15) is 0 Å². The summed E-state index contributed by atoms with van der Waals surface area (Å²) in [7, 11) is 0. The summed E-state index contributed by atoms with van der Waals surface area (Å²) in [5.74, 6) is 0.759. The molecule has 0 aliphatic rings. The van der Waals surface area contributed by atoms with E-state index in [4.69, 9.17) is 4.42 Å². The molecule has 1 atom stereocenters. The third-order valence-corrected chi connectivity index (χ3v) is 3.95. The van der Waals surface area contributed by atoms with Crippen molar-refractivity contribution in [1.82, 2.24) is 9.88 Å². The quantitative estimate of drug-likeness (QED) is 0.755. The molecule has 4 heteroatoms. The molecule has 4 nitrogen and oxygen atoms in total. The van der Waals surface area contributed by atoms with Crippen molar-refractivity contribution >= 4 is 5.91 Å². The summed E-state index contributed by atoms with van der Waals surface area (Å²) in [6, 6.07) is 15.8. The molecule has 0 unspecified atom stereocenters. The fourth-order valence-electron chi connectivity index (χ4n) is 2.74. The van der Waals surface area contributed by atoms with Crippen molar-refractivity contribution in [3.63, 3.8) is 0 Å². The van der Waals surface area contributed by atoms with Gasteiger partial charge in [-0.15, -0.1) is 0 Å². The Hall–Kier alpha value is -2.75. The number of aryl methyl sites for hydroxylation is 1. The maximum atomic E-state index is 12.4. The lowest BCUT2D eigenvalue weighted by Gasteiger charge is -2.21. The molecule has 2 aromatic heterocycles. The Bertz CT molecular complexity index is 746. The molecule has 0 fully saturated rings. The maximum absolute atomic E-state index is 12.4. The number of benzene rings is 1. The van der Waals surface area contributed by atoms with Gasteiger partial charge < -0.3 is 14.3 Å². The minimum absolute atomic E-state index is 0.00310. The van der Waals surface area contributed by atoms with E-state index >= 15 is 0 Å². The summed E-state index contributed by atoms with van der Waals surface area (Å²) in [4.78, 5) is 12.4. The Balaban J connectivity index is 1.74. The third-order valence-electron chi connectivity index (χ3n) is 3.95. The topological polar surface area (TPSA) is 47.2 Å². The molecule has 3 aromatic rings. The number of hydrogen-bond donors (Lipinski definition) is 1. The van der Waals surface area contributed by atoms with Gasteiger partial charge in [0.15, 0.2) is 0 Å². The average Bonchev–Trinajstić information content (AvgIpc) is 3.25. The average molecular weight is 308 g/mol. The van der Waals surface area contributed by atoms with Crippen LogP contribution >= 0.6 is 0 Å². The lowest BCUT2D eigenvalue weighted by Crippen LogP contribution is -2.26. The van der Waals surface area contributed by atoms with E-state index < -0.39 is 0 Å². The molecule has 0 bridgehead atoms. The molecule has 3 rings (SSSR count). The van der Waals surface area contributed by atoms with Gasteiger partial charge in [0.05, 0.1) is 25.3 Å². The highest BCUT2D eigenvalue weighted by Gasteiger charge is 2.18. The molecule has 118 valence electrons. The van der Waals surface area contributed by atoms with Gasteiger partial charge in [-0.1, -0.05) is 24.3 Å². The van der Waals surface area contributed by atoms with Crippen LogP contribution in [0.2, 0.25) is 0 Å². The molecule has 0 saturated heterocycles. The first-order chi connectivity index (χ1) is 11.2. The summed E-state index contributed by atoms with van der Waals surface area (Å²) in [5, 5.41) is 2.92. The number of carbonyl (C=O) groups excluding carboxylic acids is 1. The van der Waals surface area contributed by atoms with Gasteiger partial charge in [-0.25, -0.2) is 0 Å². The zero-order valence-electron chi connectivity index (χ0n) is 13.1. The summed E-state index contributed by atoms with van der Waals surface area (Å²) < 4.78 is 7.32. The normalized spacial score (nSPS) is 12.0. The van der Waals surface area contributed by atoms with E-state index in [1.54, 1.807) is 6.26 Å². The fourth-order valence-corrected chi connectivity index (χ4v) is 2.74. The van der Waals surface area contributed by atoms with Crippen LogP contribution in [0.1, 0.15) is 29.3 Å². The number of nitrogens with one attached hydrogen (secondary N) is 1. The van der Waals surface area contributed by atoms with E-state index in [9.17, 15) is 4.79 Å². The van der Waals surface area contributed by atoms with Crippen LogP contribution < -0.4 is 5.32 Å². The van der Waals surface area contributed by atoms with Crippen LogP contribution in [0, 0.1) is 6.92 Å². The van der Waals surface area contributed by atoms with E-state index in [1.165, 1.54) is 5.56 Å². The van der Waals surface area contributed by atoms with Crippen LogP contribution in [0.3, 0.4) is 0 Å². The molecule has 0 aliphatic carbocycles. The molecule has 0 saturated carbocycles. The van der Waals surface area contributed by atoms with Crippen molar-refractivity contribution < 1.29 is 9.21 Å². The summed E-state index contributed by atoms with van der Waals surface area (Å²) in [5.41, 5.74) is 2.35. The highest BCUT2D eigenvalue weighted by molar-refractivity contribution is 5.76. The van der Waals surface area contributed by atoms with E-state index in [0.717, 1.165) is 11.3 Å². The summed E-state index contributed by atoms with van der Waals surface area (Å²) in [6.45, 7) is 2.49. The minimum atomic E-state index is -0.0113. The third kappa shape index (κ3) is 3.72. The predicted molar refractivity (Wildman–Crippen MR) is 88.9 cm³/mol. The fraction of sp³-hybridized carbons (Fsp3) is 0.211. The van der Waals surface area contributed by atoms with E-state index in [2.05, 4.69) is 28.9 Å². The van der Waals surface area contributed by atoms with Crippen LogP contribution in [0.4, 0.5) is 0 Å². The van der Waals surface area contributed by atoms with Gasteiger partial charge in [0.25, 0.3) is 0 Å². The molecule has 1 N–H and O–H groups in total. The Morgan fingerprint density at radius 1 is 1.13 bits per heavy atom. The van der Waals surface area contributed by atoms with Crippen molar-refractivity contribution in [1.29, 1.82) is 0 Å². The van der Waals surface area contributed by atoms with Crippen LogP contribution in [0.15, 0.2) is 71.6 Å². The zero-order chi connectivity index (χ0) is 16.1. The van der Waals surface area contributed by atoms with E-state index in [1.807, 2.05) is 48.8 Å². The number of furan rings is 1.